The molecule has 0 aliphatic heterocycles. The molecule has 0 bridgehead atoms. The van der Waals surface area contributed by atoms with Crippen molar-refractivity contribution in [3.05, 3.63) is 118 Å². The number of anilines is 1. The minimum atomic E-state index is -4.24. The summed E-state index contributed by atoms with van der Waals surface area (Å²) >= 11 is 12.1. The van der Waals surface area contributed by atoms with E-state index in [-0.39, 0.29) is 15.5 Å². The number of sulfonamides is 1. The molecule has 190 valence electrons. The van der Waals surface area contributed by atoms with E-state index < -0.39 is 34.8 Å². The SMILES string of the molecule is O=C(CN(Cc1c(F)cccc1Cl)S(=O)(=O)c1ccc(Cl)cc1)Nc1ccccc1Oc1ccccc1. The summed E-state index contributed by atoms with van der Waals surface area (Å²) in [6.45, 7) is -1.08. The Morgan fingerprint density at radius 1 is 0.865 bits per heavy atom. The first-order valence-corrected chi connectivity index (χ1v) is 13.2. The van der Waals surface area contributed by atoms with Crippen molar-refractivity contribution in [3.8, 4) is 11.5 Å². The molecule has 0 spiro atoms. The molecule has 0 atom stereocenters. The number of carbonyl (C=O) groups excluding carboxylic acids is 1. The summed E-state index contributed by atoms with van der Waals surface area (Å²) in [7, 11) is -4.24. The molecular formula is C27H21Cl2FN2O4S. The molecule has 0 saturated heterocycles. The van der Waals surface area contributed by atoms with Crippen LogP contribution >= 0.6 is 23.2 Å². The number of nitrogens with zero attached hydrogens (tertiary/aromatic N) is 1. The number of ether oxygens (including phenoxy) is 1. The van der Waals surface area contributed by atoms with Gasteiger partial charge in [0.15, 0.2) is 5.75 Å². The Kier molecular flexibility index (Phi) is 8.45. The molecule has 6 nitrogen and oxygen atoms in total. The van der Waals surface area contributed by atoms with E-state index in [0.717, 1.165) is 4.31 Å². The Hall–Kier alpha value is -3.43. The number of halogens is 3. The minimum Gasteiger partial charge on any atom is -0.455 e. The molecule has 0 aromatic heterocycles. The number of hydrogen-bond donors (Lipinski definition) is 1. The largest absolute Gasteiger partial charge is 0.455 e. The van der Waals surface area contributed by atoms with Crippen molar-refractivity contribution in [2.45, 2.75) is 11.4 Å². The van der Waals surface area contributed by atoms with Crippen LogP contribution in [0.1, 0.15) is 5.56 Å². The first-order chi connectivity index (χ1) is 17.7. The molecule has 0 fully saturated rings. The van der Waals surface area contributed by atoms with E-state index in [1.165, 1.54) is 42.5 Å². The van der Waals surface area contributed by atoms with E-state index in [0.29, 0.717) is 22.2 Å². The summed E-state index contributed by atoms with van der Waals surface area (Å²) in [5, 5.41) is 3.07. The standard InChI is InChI=1S/C27H21Cl2FN2O4S/c28-19-13-15-21(16-14-19)37(34,35)32(17-22-23(29)9-6-10-24(22)30)18-27(33)31-25-11-4-5-12-26(25)36-20-7-2-1-3-8-20/h1-16H,17-18H2,(H,31,33). The molecule has 0 saturated carbocycles. The van der Waals surface area contributed by atoms with Gasteiger partial charge < -0.3 is 10.1 Å². The molecule has 4 rings (SSSR count). The number of hydrogen-bond acceptors (Lipinski definition) is 4. The Bertz CT molecular complexity index is 1480. The zero-order valence-corrected chi connectivity index (χ0v) is 21.6. The topological polar surface area (TPSA) is 75.7 Å². The van der Waals surface area contributed by atoms with E-state index in [1.807, 2.05) is 18.2 Å². The van der Waals surface area contributed by atoms with Crippen LogP contribution in [0.4, 0.5) is 10.1 Å². The third-order valence-electron chi connectivity index (χ3n) is 5.30. The van der Waals surface area contributed by atoms with Crippen LogP contribution in [-0.4, -0.2) is 25.2 Å². The Morgan fingerprint density at radius 3 is 2.24 bits per heavy atom. The summed E-state index contributed by atoms with van der Waals surface area (Å²) in [6, 6.07) is 25.2. The highest BCUT2D eigenvalue weighted by Gasteiger charge is 2.29. The van der Waals surface area contributed by atoms with Gasteiger partial charge in [0.25, 0.3) is 0 Å². The van der Waals surface area contributed by atoms with Crippen molar-refractivity contribution in [2.24, 2.45) is 0 Å². The Morgan fingerprint density at radius 2 is 1.54 bits per heavy atom. The fourth-order valence-electron chi connectivity index (χ4n) is 3.47. The van der Waals surface area contributed by atoms with Crippen molar-refractivity contribution >= 4 is 44.8 Å². The van der Waals surface area contributed by atoms with Crippen molar-refractivity contribution in [1.29, 1.82) is 0 Å². The third kappa shape index (κ3) is 6.67. The van der Waals surface area contributed by atoms with Crippen LogP contribution in [0, 0.1) is 5.82 Å². The maximum Gasteiger partial charge on any atom is 0.243 e. The third-order valence-corrected chi connectivity index (χ3v) is 7.71. The quantitative estimate of drug-likeness (QED) is 0.246. The Balaban J connectivity index is 1.62. The van der Waals surface area contributed by atoms with E-state index in [9.17, 15) is 17.6 Å². The number of benzene rings is 4. The van der Waals surface area contributed by atoms with Gasteiger partial charge in [0.1, 0.15) is 11.6 Å². The van der Waals surface area contributed by atoms with E-state index in [2.05, 4.69) is 5.32 Å². The van der Waals surface area contributed by atoms with Crippen molar-refractivity contribution < 1.29 is 22.3 Å². The smallest absolute Gasteiger partial charge is 0.243 e. The zero-order valence-electron chi connectivity index (χ0n) is 19.3. The van der Waals surface area contributed by atoms with Gasteiger partial charge in [-0.1, -0.05) is 59.6 Å². The van der Waals surface area contributed by atoms with Crippen LogP contribution in [0.15, 0.2) is 102 Å². The second kappa shape index (κ2) is 11.7. The van der Waals surface area contributed by atoms with Gasteiger partial charge in [-0.25, -0.2) is 12.8 Å². The summed E-state index contributed by atoms with van der Waals surface area (Å²) < 4.78 is 48.2. The van der Waals surface area contributed by atoms with E-state index in [1.54, 1.807) is 36.4 Å². The van der Waals surface area contributed by atoms with Crippen LogP contribution in [0.25, 0.3) is 0 Å². The van der Waals surface area contributed by atoms with Crippen LogP contribution in [0.3, 0.4) is 0 Å². The lowest BCUT2D eigenvalue weighted by molar-refractivity contribution is -0.116. The highest BCUT2D eigenvalue weighted by molar-refractivity contribution is 7.89. The first kappa shape index (κ1) is 26.6. The van der Waals surface area contributed by atoms with E-state index in [4.69, 9.17) is 27.9 Å². The fraction of sp³-hybridized carbons (Fsp3) is 0.0741. The van der Waals surface area contributed by atoms with Crippen molar-refractivity contribution in [3.63, 3.8) is 0 Å². The molecule has 0 unspecified atom stereocenters. The molecule has 4 aromatic rings. The fourth-order valence-corrected chi connectivity index (χ4v) is 5.18. The van der Waals surface area contributed by atoms with Gasteiger partial charge >= 0.3 is 0 Å². The van der Waals surface area contributed by atoms with Gasteiger partial charge in [-0.2, -0.15) is 4.31 Å². The molecule has 37 heavy (non-hydrogen) atoms. The van der Waals surface area contributed by atoms with Gasteiger partial charge in [0.05, 0.1) is 17.1 Å². The summed E-state index contributed by atoms with van der Waals surface area (Å²) in [4.78, 5) is 13.0. The maximum atomic E-state index is 14.6. The second-order valence-corrected chi connectivity index (χ2v) is 10.7. The average Bonchev–Trinajstić information content (AvgIpc) is 2.87. The summed E-state index contributed by atoms with van der Waals surface area (Å²) in [5.74, 6) is -0.420. The normalized spacial score (nSPS) is 11.4. The van der Waals surface area contributed by atoms with Crippen LogP contribution in [-0.2, 0) is 21.4 Å². The number of rotatable bonds is 9. The van der Waals surface area contributed by atoms with Crippen LogP contribution < -0.4 is 10.1 Å². The lowest BCUT2D eigenvalue weighted by Gasteiger charge is -2.23. The molecular weight excluding hydrogens is 538 g/mol. The predicted molar refractivity (Wildman–Crippen MR) is 142 cm³/mol. The van der Waals surface area contributed by atoms with Gasteiger partial charge in [0.2, 0.25) is 15.9 Å². The average molecular weight is 559 g/mol. The zero-order chi connectivity index (χ0) is 26.4. The molecule has 4 aromatic carbocycles. The molecule has 10 heteroatoms. The van der Waals surface area contributed by atoms with Gasteiger partial charge in [-0.05, 0) is 60.7 Å². The highest BCUT2D eigenvalue weighted by Crippen LogP contribution is 2.30. The minimum absolute atomic E-state index is 0.0401. The van der Waals surface area contributed by atoms with Gasteiger partial charge in [-0.15, -0.1) is 0 Å². The van der Waals surface area contributed by atoms with Crippen LogP contribution in [0.5, 0.6) is 11.5 Å². The maximum absolute atomic E-state index is 14.6. The monoisotopic (exact) mass is 558 g/mol. The lowest BCUT2D eigenvalue weighted by atomic mass is 10.2. The molecule has 0 radical (unpaired) electrons. The number of nitrogens with one attached hydrogen (secondary N) is 1. The molecule has 0 aliphatic rings. The number of para-hydroxylation sites is 3. The van der Waals surface area contributed by atoms with Gasteiger partial charge in [0, 0.05) is 22.2 Å². The van der Waals surface area contributed by atoms with E-state index >= 15 is 0 Å². The molecule has 0 heterocycles. The molecule has 1 N–H and O–H groups in total. The first-order valence-electron chi connectivity index (χ1n) is 11.0. The highest BCUT2D eigenvalue weighted by atomic mass is 35.5. The second-order valence-electron chi connectivity index (χ2n) is 7.89. The molecule has 1 amide bonds. The predicted octanol–water partition coefficient (Wildman–Crippen LogP) is 6.75. The lowest BCUT2D eigenvalue weighted by Crippen LogP contribution is -2.38. The molecule has 0 aliphatic carbocycles. The van der Waals surface area contributed by atoms with Gasteiger partial charge in [-0.3, -0.25) is 4.79 Å². The van der Waals surface area contributed by atoms with Crippen LogP contribution in [0.2, 0.25) is 10.0 Å². The number of amides is 1. The summed E-state index contributed by atoms with van der Waals surface area (Å²) in [5.41, 5.74) is 0.284. The van der Waals surface area contributed by atoms with Crippen molar-refractivity contribution in [1.82, 2.24) is 4.31 Å². The summed E-state index contributed by atoms with van der Waals surface area (Å²) in [6.07, 6.45) is 0. The number of carbonyl (C=O) groups is 1. The Labute approximate surface area is 224 Å². The van der Waals surface area contributed by atoms with Crippen molar-refractivity contribution in [2.75, 3.05) is 11.9 Å².